The summed E-state index contributed by atoms with van der Waals surface area (Å²) in [6.45, 7) is 9.41. The van der Waals surface area contributed by atoms with Gasteiger partial charge in [-0.1, -0.05) is 207 Å². The van der Waals surface area contributed by atoms with Gasteiger partial charge in [-0.15, -0.1) is 0 Å². The molecule has 1 rings (SSSR count). The Labute approximate surface area is 285 Å². The van der Waals surface area contributed by atoms with Crippen molar-refractivity contribution < 1.29 is 4.57 Å². The zero-order valence-electron chi connectivity index (χ0n) is 31.7. The van der Waals surface area contributed by atoms with Crippen LogP contribution in [0.15, 0.2) is 12.4 Å². The standard InChI is InChI=1S/C43H85N2/c1-4-7-10-13-16-18-20-21-22-23-24-26-28-31-34-37-40-45-42-41-44(39-36-33-30-15-12-9-6-3)43(45)38-35-32-29-27-25-19-17-14-11-8-5-2/h41-42H,4-40H2,1-3H3/q+1. The average molecular weight is 630 g/mol. The maximum Gasteiger partial charge on any atom is 0.256 e. The quantitative estimate of drug-likeness (QED) is 0.0511. The second-order valence-corrected chi connectivity index (χ2v) is 14.8. The monoisotopic (exact) mass is 630 g/mol. The van der Waals surface area contributed by atoms with Crippen molar-refractivity contribution in [3.8, 4) is 0 Å². The number of hydrogen-bond donors (Lipinski definition) is 0. The Kier molecular flexibility index (Phi) is 32.4. The number of imidazole rings is 1. The van der Waals surface area contributed by atoms with Crippen LogP contribution in [0, 0.1) is 0 Å². The van der Waals surface area contributed by atoms with E-state index in [-0.39, 0.29) is 0 Å². The highest BCUT2D eigenvalue weighted by Crippen LogP contribution is 2.16. The Bertz CT molecular complexity index is 692. The van der Waals surface area contributed by atoms with E-state index in [1.807, 2.05) is 0 Å². The lowest BCUT2D eigenvalue weighted by atomic mass is 10.0. The van der Waals surface area contributed by atoms with Crippen LogP contribution in [0.5, 0.6) is 0 Å². The molecule has 0 atom stereocenters. The summed E-state index contributed by atoms with van der Waals surface area (Å²) in [4.78, 5) is 0. The predicted molar refractivity (Wildman–Crippen MR) is 202 cm³/mol. The molecule has 0 saturated carbocycles. The molecule has 2 heteroatoms. The zero-order chi connectivity index (χ0) is 32.3. The van der Waals surface area contributed by atoms with Crippen LogP contribution in [-0.2, 0) is 19.5 Å². The van der Waals surface area contributed by atoms with Gasteiger partial charge >= 0.3 is 0 Å². The summed E-state index contributed by atoms with van der Waals surface area (Å²) >= 11 is 0. The van der Waals surface area contributed by atoms with Crippen molar-refractivity contribution in [2.45, 2.75) is 259 Å². The van der Waals surface area contributed by atoms with E-state index in [0.29, 0.717) is 0 Å². The molecule has 0 aliphatic rings. The minimum Gasteiger partial charge on any atom is -0.234 e. The molecule has 0 N–H and O–H groups in total. The lowest BCUT2D eigenvalue weighted by molar-refractivity contribution is -0.704. The van der Waals surface area contributed by atoms with E-state index in [0.717, 1.165) is 0 Å². The summed E-state index contributed by atoms with van der Waals surface area (Å²) in [5, 5.41) is 0. The van der Waals surface area contributed by atoms with E-state index in [4.69, 9.17) is 0 Å². The molecule has 0 radical (unpaired) electrons. The van der Waals surface area contributed by atoms with E-state index < -0.39 is 0 Å². The van der Waals surface area contributed by atoms with Gasteiger partial charge in [0, 0.05) is 6.42 Å². The smallest absolute Gasteiger partial charge is 0.234 e. The summed E-state index contributed by atoms with van der Waals surface area (Å²) in [6.07, 6.45) is 54.9. The number of unbranched alkanes of at least 4 members (excludes halogenated alkanes) is 31. The second-order valence-electron chi connectivity index (χ2n) is 14.8. The first kappa shape index (κ1) is 42.2. The molecule has 45 heavy (non-hydrogen) atoms. The number of rotatable bonds is 37. The zero-order valence-corrected chi connectivity index (χ0v) is 31.7. The Balaban J connectivity index is 2.22. The van der Waals surface area contributed by atoms with Crippen molar-refractivity contribution in [1.82, 2.24) is 4.57 Å². The van der Waals surface area contributed by atoms with Gasteiger partial charge in [0.15, 0.2) is 0 Å². The lowest BCUT2D eigenvalue weighted by Crippen LogP contribution is -2.37. The van der Waals surface area contributed by atoms with Crippen molar-refractivity contribution >= 4 is 0 Å². The van der Waals surface area contributed by atoms with Gasteiger partial charge in [-0.3, -0.25) is 0 Å². The second kappa shape index (κ2) is 34.5. The van der Waals surface area contributed by atoms with Gasteiger partial charge in [0.05, 0.1) is 13.1 Å². The Morgan fingerprint density at radius 2 is 0.689 bits per heavy atom. The molecule has 1 heterocycles. The Morgan fingerprint density at radius 3 is 1.07 bits per heavy atom. The molecule has 0 amide bonds. The third-order valence-corrected chi connectivity index (χ3v) is 10.3. The predicted octanol–water partition coefficient (Wildman–Crippen LogP) is 14.6. The molecule has 0 aromatic carbocycles. The van der Waals surface area contributed by atoms with Crippen LogP contribution in [0.4, 0.5) is 0 Å². The molecule has 0 unspecified atom stereocenters. The van der Waals surface area contributed by atoms with Crippen LogP contribution >= 0.6 is 0 Å². The van der Waals surface area contributed by atoms with Crippen molar-refractivity contribution in [3.63, 3.8) is 0 Å². The maximum atomic E-state index is 2.64. The van der Waals surface area contributed by atoms with Crippen molar-refractivity contribution in [2.75, 3.05) is 0 Å². The molecule has 266 valence electrons. The summed E-state index contributed by atoms with van der Waals surface area (Å²) in [6, 6.07) is 0. The van der Waals surface area contributed by atoms with Crippen LogP contribution in [0.1, 0.15) is 245 Å². The highest BCUT2D eigenvalue weighted by molar-refractivity contribution is 4.84. The average Bonchev–Trinajstić information content (AvgIpc) is 3.43. The van der Waals surface area contributed by atoms with Crippen molar-refractivity contribution in [1.29, 1.82) is 0 Å². The summed E-state index contributed by atoms with van der Waals surface area (Å²) < 4.78 is 5.27. The molecular weight excluding hydrogens is 544 g/mol. The van der Waals surface area contributed by atoms with Gasteiger partial charge in [0.1, 0.15) is 12.4 Å². The molecule has 0 fully saturated rings. The third kappa shape index (κ3) is 26.9. The fraction of sp³-hybridized carbons (Fsp3) is 0.930. The fourth-order valence-corrected chi connectivity index (χ4v) is 7.21. The van der Waals surface area contributed by atoms with E-state index in [1.54, 1.807) is 5.82 Å². The first-order valence-electron chi connectivity index (χ1n) is 21.4. The van der Waals surface area contributed by atoms with Crippen LogP contribution in [0.2, 0.25) is 0 Å². The van der Waals surface area contributed by atoms with Gasteiger partial charge in [0.25, 0.3) is 5.82 Å². The van der Waals surface area contributed by atoms with Crippen molar-refractivity contribution in [3.05, 3.63) is 18.2 Å². The normalized spacial score (nSPS) is 11.6. The number of aryl methyl sites for hydroxylation is 2. The molecule has 0 saturated heterocycles. The Morgan fingerprint density at radius 1 is 0.378 bits per heavy atom. The van der Waals surface area contributed by atoms with Crippen LogP contribution < -0.4 is 4.57 Å². The first-order chi connectivity index (χ1) is 22.3. The van der Waals surface area contributed by atoms with E-state index in [1.165, 1.54) is 238 Å². The maximum absolute atomic E-state index is 2.64. The lowest BCUT2D eigenvalue weighted by Gasteiger charge is -2.07. The van der Waals surface area contributed by atoms with Gasteiger partial charge in [-0.2, -0.15) is 0 Å². The number of nitrogens with zero attached hydrogens (tertiary/aromatic N) is 2. The van der Waals surface area contributed by atoms with Crippen LogP contribution in [0.3, 0.4) is 0 Å². The molecule has 0 aliphatic heterocycles. The van der Waals surface area contributed by atoms with Crippen molar-refractivity contribution in [2.24, 2.45) is 0 Å². The third-order valence-electron chi connectivity index (χ3n) is 10.3. The van der Waals surface area contributed by atoms with Gasteiger partial charge in [0.2, 0.25) is 0 Å². The SMILES string of the molecule is CCCCCCCCCCCCCCCCCCn1cc[n+](CCCCCCCCC)c1CCCCCCCCCCCCC. The van der Waals surface area contributed by atoms with Gasteiger partial charge in [-0.25, -0.2) is 9.13 Å². The van der Waals surface area contributed by atoms with E-state index in [9.17, 15) is 0 Å². The van der Waals surface area contributed by atoms with E-state index >= 15 is 0 Å². The summed E-state index contributed by atoms with van der Waals surface area (Å²) in [5.41, 5.74) is 0. The van der Waals surface area contributed by atoms with E-state index in [2.05, 4.69) is 42.3 Å². The largest absolute Gasteiger partial charge is 0.256 e. The molecular formula is C43H85N2+. The Hall–Kier alpha value is -0.790. The highest BCUT2D eigenvalue weighted by Gasteiger charge is 2.16. The molecule has 0 bridgehead atoms. The van der Waals surface area contributed by atoms with Crippen LogP contribution in [0.25, 0.3) is 0 Å². The fourth-order valence-electron chi connectivity index (χ4n) is 7.21. The molecule has 0 aliphatic carbocycles. The van der Waals surface area contributed by atoms with Crippen LogP contribution in [-0.4, -0.2) is 4.57 Å². The molecule has 1 aromatic rings. The number of aromatic nitrogens is 2. The summed E-state index contributed by atoms with van der Waals surface area (Å²) in [5.74, 6) is 1.62. The minimum atomic E-state index is 1.23. The molecule has 1 aromatic heterocycles. The minimum absolute atomic E-state index is 1.23. The number of hydrogen-bond acceptors (Lipinski definition) is 0. The van der Waals surface area contributed by atoms with Gasteiger partial charge < -0.3 is 0 Å². The molecule has 2 nitrogen and oxygen atoms in total. The first-order valence-corrected chi connectivity index (χ1v) is 21.4. The van der Waals surface area contributed by atoms with Gasteiger partial charge in [-0.05, 0) is 32.1 Å². The summed E-state index contributed by atoms with van der Waals surface area (Å²) in [7, 11) is 0. The highest BCUT2D eigenvalue weighted by atomic mass is 15.1. The topological polar surface area (TPSA) is 8.81 Å². The molecule has 0 spiro atoms.